The summed E-state index contributed by atoms with van der Waals surface area (Å²) in [5.74, 6) is -0.00991. The van der Waals surface area contributed by atoms with Gasteiger partial charge in [-0.2, -0.15) is 0 Å². The molecule has 28 heavy (non-hydrogen) atoms. The number of amides is 2. The first kappa shape index (κ1) is 18.7. The minimum atomic E-state index is -0.241. The van der Waals surface area contributed by atoms with E-state index in [2.05, 4.69) is 22.5 Å². The summed E-state index contributed by atoms with van der Waals surface area (Å²) in [7, 11) is 0. The first-order chi connectivity index (χ1) is 13.7. The number of carbonyl (C=O) groups excluding carboxylic acids is 2. The molecule has 1 fully saturated rings. The Morgan fingerprint density at radius 3 is 2.54 bits per heavy atom. The molecule has 0 radical (unpaired) electrons. The Morgan fingerprint density at radius 1 is 1.07 bits per heavy atom. The van der Waals surface area contributed by atoms with E-state index in [4.69, 9.17) is 0 Å². The van der Waals surface area contributed by atoms with Crippen LogP contribution >= 0.6 is 0 Å². The Bertz CT molecular complexity index is 863. The van der Waals surface area contributed by atoms with Crippen LogP contribution in [0.3, 0.4) is 0 Å². The summed E-state index contributed by atoms with van der Waals surface area (Å²) in [6, 6.07) is 8.08. The molecule has 1 aromatic carbocycles. The summed E-state index contributed by atoms with van der Waals surface area (Å²) in [6.45, 7) is 2.84. The Labute approximate surface area is 165 Å². The van der Waals surface area contributed by atoms with Crippen molar-refractivity contribution in [2.24, 2.45) is 0 Å². The van der Waals surface area contributed by atoms with Gasteiger partial charge in [0.15, 0.2) is 11.5 Å². The fourth-order valence-corrected chi connectivity index (χ4v) is 4.23. The Morgan fingerprint density at radius 2 is 1.82 bits per heavy atom. The van der Waals surface area contributed by atoms with Crippen LogP contribution in [0.5, 0.6) is 0 Å². The first-order valence-corrected chi connectivity index (χ1v) is 10.5. The van der Waals surface area contributed by atoms with Crippen molar-refractivity contribution in [1.82, 2.24) is 14.9 Å². The van der Waals surface area contributed by atoms with E-state index in [-0.39, 0.29) is 17.9 Å². The fraction of sp³-hybridized carbons (Fsp3) is 0.500. The lowest BCUT2D eigenvalue weighted by molar-refractivity contribution is 0.0921. The predicted molar refractivity (Wildman–Crippen MR) is 109 cm³/mol. The molecule has 2 aliphatic rings. The van der Waals surface area contributed by atoms with Gasteiger partial charge in [-0.15, -0.1) is 0 Å². The number of carbonyl (C=O) groups is 2. The number of benzene rings is 1. The minimum absolute atomic E-state index is 0.151. The quantitative estimate of drug-likeness (QED) is 0.830. The topological polar surface area (TPSA) is 76.0 Å². The highest BCUT2D eigenvalue weighted by molar-refractivity contribution is 6.05. The van der Waals surface area contributed by atoms with Crippen molar-refractivity contribution in [2.75, 3.05) is 5.32 Å². The van der Waals surface area contributed by atoms with E-state index in [0.717, 1.165) is 69.3 Å². The van der Waals surface area contributed by atoms with Crippen LogP contribution in [-0.2, 0) is 19.4 Å². The van der Waals surface area contributed by atoms with Crippen LogP contribution in [0.25, 0.3) is 0 Å². The molecule has 148 valence electrons. The second kappa shape index (κ2) is 8.17. The molecular weight excluding hydrogens is 352 g/mol. The van der Waals surface area contributed by atoms with E-state index in [9.17, 15) is 9.59 Å². The van der Waals surface area contributed by atoms with Gasteiger partial charge in [0.05, 0.1) is 5.69 Å². The van der Waals surface area contributed by atoms with Crippen molar-refractivity contribution in [3.05, 3.63) is 47.0 Å². The van der Waals surface area contributed by atoms with Gasteiger partial charge in [0.1, 0.15) is 0 Å². The third-order valence-electron chi connectivity index (χ3n) is 5.85. The summed E-state index contributed by atoms with van der Waals surface area (Å²) in [4.78, 5) is 30.2. The molecule has 2 aromatic rings. The van der Waals surface area contributed by atoms with Crippen LogP contribution in [0.4, 0.5) is 5.69 Å². The highest BCUT2D eigenvalue weighted by atomic mass is 16.2. The predicted octanol–water partition coefficient (Wildman–Crippen LogP) is 3.71. The molecule has 2 N–H and O–H groups in total. The lowest BCUT2D eigenvalue weighted by atomic mass is 10.1. The summed E-state index contributed by atoms with van der Waals surface area (Å²) < 4.78 is 1.95. The summed E-state index contributed by atoms with van der Waals surface area (Å²) in [5, 5.41) is 6.04. The number of nitrogens with zero attached hydrogens (tertiary/aromatic N) is 2. The molecule has 0 bridgehead atoms. The Balaban J connectivity index is 1.56. The molecule has 2 heterocycles. The molecule has 0 unspecified atom stereocenters. The Hall–Kier alpha value is -2.63. The Kier molecular flexibility index (Phi) is 5.46. The van der Waals surface area contributed by atoms with E-state index in [1.807, 2.05) is 28.8 Å². The van der Waals surface area contributed by atoms with Crippen LogP contribution in [0.2, 0.25) is 0 Å². The zero-order valence-electron chi connectivity index (χ0n) is 16.5. The molecule has 0 spiro atoms. The molecule has 0 saturated heterocycles. The van der Waals surface area contributed by atoms with Gasteiger partial charge in [-0.3, -0.25) is 9.59 Å². The molecule has 6 heteroatoms. The molecule has 1 aromatic heterocycles. The largest absolute Gasteiger partial charge is 0.347 e. The SMILES string of the molecule is CCc1ccc(NC(=O)c2nc(C(=O)NC3CCCC3)n3c2CCCC3)cc1. The number of nitrogens with one attached hydrogen (secondary N) is 2. The highest BCUT2D eigenvalue weighted by Gasteiger charge is 2.29. The van der Waals surface area contributed by atoms with Crippen LogP contribution in [-0.4, -0.2) is 27.4 Å². The van der Waals surface area contributed by atoms with Gasteiger partial charge in [-0.05, 0) is 56.2 Å². The second-order valence-corrected chi connectivity index (χ2v) is 7.80. The van der Waals surface area contributed by atoms with E-state index in [1.165, 1.54) is 5.56 Å². The van der Waals surface area contributed by atoms with Gasteiger partial charge in [0.25, 0.3) is 11.8 Å². The van der Waals surface area contributed by atoms with Crippen LogP contribution < -0.4 is 10.6 Å². The molecule has 4 rings (SSSR count). The summed E-state index contributed by atoms with van der Waals surface area (Å²) in [5.41, 5.74) is 3.24. The zero-order valence-corrected chi connectivity index (χ0v) is 16.5. The molecule has 1 saturated carbocycles. The molecule has 6 nitrogen and oxygen atoms in total. The van der Waals surface area contributed by atoms with Crippen LogP contribution in [0.1, 0.15) is 77.8 Å². The van der Waals surface area contributed by atoms with Gasteiger partial charge in [-0.1, -0.05) is 31.9 Å². The number of imidazole rings is 1. The van der Waals surface area contributed by atoms with E-state index in [0.29, 0.717) is 11.5 Å². The maximum atomic E-state index is 12.9. The number of fused-ring (bicyclic) bond motifs is 1. The number of rotatable bonds is 5. The molecule has 2 amide bonds. The van der Waals surface area contributed by atoms with Gasteiger partial charge < -0.3 is 15.2 Å². The third-order valence-corrected chi connectivity index (χ3v) is 5.85. The zero-order chi connectivity index (χ0) is 19.5. The number of hydrogen-bond donors (Lipinski definition) is 2. The fourth-order valence-electron chi connectivity index (χ4n) is 4.23. The van der Waals surface area contributed by atoms with Gasteiger partial charge in [0, 0.05) is 18.3 Å². The summed E-state index contributed by atoms with van der Waals surface area (Å²) in [6.07, 6.45) is 8.14. The number of aryl methyl sites for hydroxylation is 1. The minimum Gasteiger partial charge on any atom is -0.347 e. The lowest BCUT2D eigenvalue weighted by Crippen LogP contribution is -2.35. The average Bonchev–Trinajstić information content (AvgIpc) is 3.36. The first-order valence-electron chi connectivity index (χ1n) is 10.5. The molecular formula is C22H28N4O2. The van der Waals surface area contributed by atoms with Gasteiger partial charge in [0.2, 0.25) is 0 Å². The standard InChI is InChI=1S/C22H28N4O2/c1-2-15-10-12-17(13-11-15)23-21(27)19-18-9-5-6-14-26(18)20(25-19)22(28)24-16-7-3-4-8-16/h10-13,16H,2-9,14H2,1H3,(H,23,27)(H,24,28). The number of hydrogen-bond acceptors (Lipinski definition) is 3. The second-order valence-electron chi connectivity index (χ2n) is 7.80. The van der Waals surface area contributed by atoms with Crippen molar-refractivity contribution < 1.29 is 9.59 Å². The van der Waals surface area contributed by atoms with Crippen molar-refractivity contribution in [2.45, 2.75) is 70.9 Å². The smallest absolute Gasteiger partial charge is 0.287 e. The maximum Gasteiger partial charge on any atom is 0.287 e. The van der Waals surface area contributed by atoms with E-state index in [1.54, 1.807) is 0 Å². The normalized spacial score (nSPS) is 16.6. The molecule has 0 atom stereocenters. The van der Waals surface area contributed by atoms with Crippen LogP contribution in [0, 0.1) is 0 Å². The summed E-state index contributed by atoms with van der Waals surface area (Å²) >= 11 is 0. The molecule has 1 aliphatic carbocycles. The van der Waals surface area contributed by atoms with Crippen molar-refractivity contribution >= 4 is 17.5 Å². The van der Waals surface area contributed by atoms with Gasteiger partial charge in [-0.25, -0.2) is 4.98 Å². The maximum absolute atomic E-state index is 12.9. The average molecular weight is 380 g/mol. The lowest BCUT2D eigenvalue weighted by Gasteiger charge is -2.18. The number of aromatic nitrogens is 2. The van der Waals surface area contributed by atoms with Crippen LogP contribution in [0.15, 0.2) is 24.3 Å². The van der Waals surface area contributed by atoms with E-state index < -0.39 is 0 Å². The number of anilines is 1. The van der Waals surface area contributed by atoms with Crippen molar-refractivity contribution in [3.8, 4) is 0 Å². The van der Waals surface area contributed by atoms with Crippen molar-refractivity contribution in [3.63, 3.8) is 0 Å². The highest BCUT2D eigenvalue weighted by Crippen LogP contribution is 2.23. The van der Waals surface area contributed by atoms with Crippen molar-refractivity contribution in [1.29, 1.82) is 0 Å². The van der Waals surface area contributed by atoms with Gasteiger partial charge >= 0.3 is 0 Å². The molecule has 1 aliphatic heterocycles. The third kappa shape index (κ3) is 3.81. The monoisotopic (exact) mass is 380 g/mol. The van der Waals surface area contributed by atoms with E-state index >= 15 is 0 Å².